The Balaban J connectivity index is 2.49. The second-order valence-electron chi connectivity index (χ2n) is 3.72. The van der Waals surface area contributed by atoms with Crippen LogP contribution in [0.3, 0.4) is 0 Å². The summed E-state index contributed by atoms with van der Waals surface area (Å²) in [4.78, 5) is 0. The van der Waals surface area contributed by atoms with Gasteiger partial charge in [0.2, 0.25) is 0 Å². The summed E-state index contributed by atoms with van der Waals surface area (Å²) in [7, 11) is 0. The molecule has 0 aromatic carbocycles. The number of hydrogen-bond donors (Lipinski definition) is 0. The lowest BCUT2D eigenvalue weighted by atomic mass is 9.58. The van der Waals surface area contributed by atoms with Gasteiger partial charge < -0.3 is 4.65 Å². The smallest absolute Gasteiger partial charge is 0.290 e. The highest BCUT2D eigenvalue weighted by atomic mass is 16.4. The number of rotatable bonds is 0. The van der Waals surface area contributed by atoms with Crippen molar-refractivity contribution in [2.24, 2.45) is 11.8 Å². The number of hydrogen-bond acceptors (Lipinski definition) is 1. The molecule has 0 N–H and O–H groups in total. The first-order valence-corrected chi connectivity index (χ1v) is 4.26. The Morgan fingerprint density at radius 1 is 1.30 bits per heavy atom. The minimum atomic E-state index is 0.457. The fourth-order valence-corrected chi connectivity index (χ4v) is 1.75. The van der Waals surface area contributed by atoms with Crippen LogP contribution in [-0.4, -0.2) is 13.0 Å². The van der Waals surface area contributed by atoms with E-state index in [1.165, 1.54) is 6.32 Å². The first kappa shape index (κ1) is 8.12. The van der Waals surface area contributed by atoms with E-state index in [2.05, 4.69) is 27.6 Å². The van der Waals surface area contributed by atoms with E-state index in [0.717, 1.165) is 11.8 Å². The Bertz CT molecular complexity index is 104. The topological polar surface area (TPSA) is 9.23 Å². The van der Waals surface area contributed by atoms with Gasteiger partial charge in [-0.25, -0.2) is 0 Å². The van der Waals surface area contributed by atoms with Crippen molar-refractivity contribution < 1.29 is 4.65 Å². The molecule has 1 aliphatic heterocycles. The van der Waals surface area contributed by atoms with Crippen molar-refractivity contribution in [3.8, 4) is 0 Å². The van der Waals surface area contributed by atoms with Gasteiger partial charge in [0, 0.05) is 6.10 Å². The van der Waals surface area contributed by atoms with E-state index < -0.39 is 0 Å². The zero-order valence-corrected chi connectivity index (χ0v) is 7.42. The van der Waals surface area contributed by atoms with E-state index in [1.54, 1.807) is 0 Å². The molecule has 1 fully saturated rings. The SMILES string of the molecule is CB1CC(C)C(C)C(C)O1. The predicted molar refractivity (Wildman–Crippen MR) is 45.3 cm³/mol. The normalized spacial score (nSPS) is 42.0. The molecule has 10 heavy (non-hydrogen) atoms. The molecule has 1 heterocycles. The highest BCUT2D eigenvalue weighted by Gasteiger charge is 2.30. The van der Waals surface area contributed by atoms with Crippen molar-refractivity contribution >= 4 is 6.92 Å². The molecule has 0 saturated carbocycles. The van der Waals surface area contributed by atoms with E-state index in [0.29, 0.717) is 13.0 Å². The molecule has 0 aliphatic carbocycles. The molecule has 1 nitrogen and oxygen atoms in total. The summed E-state index contributed by atoms with van der Waals surface area (Å²) < 4.78 is 5.67. The maximum atomic E-state index is 5.67. The van der Waals surface area contributed by atoms with E-state index in [1.807, 2.05) is 0 Å². The minimum Gasteiger partial charge on any atom is -0.434 e. The molecule has 1 rings (SSSR count). The Kier molecular flexibility index (Phi) is 2.40. The van der Waals surface area contributed by atoms with Crippen molar-refractivity contribution in [2.45, 2.75) is 40.0 Å². The third kappa shape index (κ3) is 1.54. The second kappa shape index (κ2) is 2.95. The van der Waals surface area contributed by atoms with Crippen LogP contribution in [0.4, 0.5) is 0 Å². The molecule has 0 aromatic rings. The zero-order valence-electron chi connectivity index (χ0n) is 7.42. The highest BCUT2D eigenvalue weighted by molar-refractivity contribution is 6.50. The summed E-state index contributed by atoms with van der Waals surface area (Å²) in [5.41, 5.74) is 0. The van der Waals surface area contributed by atoms with Crippen LogP contribution >= 0.6 is 0 Å². The average molecular weight is 140 g/mol. The summed E-state index contributed by atoms with van der Waals surface area (Å²) >= 11 is 0. The average Bonchev–Trinajstić information content (AvgIpc) is 1.82. The van der Waals surface area contributed by atoms with Gasteiger partial charge in [-0.15, -0.1) is 0 Å². The van der Waals surface area contributed by atoms with Crippen molar-refractivity contribution in [2.75, 3.05) is 0 Å². The van der Waals surface area contributed by atoms with Crippen molar-refractivity contribution in [3.63, 3.8) is 0 Å². The van der Waals surface area contributed by atoms with Gasteiger partial charge in [-0.05, 0) is 25.1 Å². The van der Waals surface area contributed by atoms with E-state index in [9.17, 15) is 0 Å². The van der Waals surface area contributed by atoms with Gasteiger partial charge in [0.15, 0.2) is 0 Å². The van der Waals surface area contributed by atoms with Crippen molar-refractivity contribution in [1.29, 1.82) is 0 Å². The Labute approximate surface area is 64.3 Å². The van der Waals surface area contributed by atoms with Gasteiger partial charge in [-0.2, -0.15) is 0 Å². The third-order valence-electron chi connectivity index (χ3n) is 2.79. The highest BCUT2D eigenvalue weighted by Crippen LogP contribution is 2.28. The standard InChI is InChI=1S/C8H17BO/c1-6-5-9(4)10-8(3)7(6)2/h6-8H,5H2,1-4H3. The summed E-state index contributed by atoms with van der Waals surface area (Å²) in [6.07, 6.45) is 1.68. The van der Waals surface area contributed by atoms with Crippen LogP contribution < -0.4 is 0 Å². The van der Waals surface area contributed by atoms with Crippen LogP contribution in [0.1, 0.15) is 20.8 Å². The molecule has 0 bridgehead atoms. The van der Waals surface area contributed by atoms with Crippen molar-refractivity contribution in [3.05, 3.63) is 0 Å². The molecule has 0 aromatic heterocycles. The molecule has 3 unspecified atom stereocenters. The summed E-state index contributed by atoms with van der Waals surface area (Å²) in [5.74, 6) is 1.56. The lowest BCUT2D eigenvalue weighted by Crippen LogP contribution is -2.37. The van der Waals surface area contributed by atoms with Crippen LogP contribution in [0.5, 0.6) is 0 Å². The van der Waals surface area contributed by atoms with E-state index >= 15 is 0 Å². The lowest BCUT2D eigenvalue weighted by Gasteiger charge is -2.34. The van der Waals surface area contributed by atoms with Gasteiger partial charge >= 0.3 is 0 Å². The van der Waals surface area contributed by atoms with Crippen molar-refractivity contribution in [1.82, 2.24) is 0 Å². The molecule has 0 spiro atoms. The molecule has 58 valence electrons. The van der Waals surface area contributed by atoms with Crippen LogP contribution in [0.25, 0.3) is 0 Å². The molecule has 0 radical (unpaired) electrons. The maximum Gasteiger partial charge on any atom is 0.290 e. The van der Waals surface area contributed by atoms with Crippen LogP contribution in [-0.2, 0) is 4.65 Å². The second-order valence-corrected chi connectivity index (χ2v) is 3.72. The van der Waals surface area contributed by atoms with Crippen LogP contribution in [0.15, 0.2) is 0 Å². The molecule has 3 atom stereocenters. The lowest BCUT2D eigenvalue weighted by molar-refractivity contribution is 0.104. The van der Waals surface area contributed by atoms with Crippen LogP contribution in [0, 0.1) is 11.8 Å². The largest absolute Gasteiger partial charge is 0.434 e. The quantitative estimate of drug-likeness (QED) is 0.469. The minimum absolute atomic E-state index is 0.457. The van der Waals surface area contributed by atoms with Gasteiger partial charge in [0.1, 0.15) is 0 Å². The zero-order chi connectivity index (χ0) is 7.72. The fourth-order valence-electron chi connectivity index (χ4n) is 1.75. The fraction of sp³-hybridized carbons (Fsp3) is 1.00. The van der Waals surface area contributed by atoms with Gasteiger partial charge in [-0.1, -0.05) is 20.7 Å². The molecule has 1 saturated heterocycles. The molecule has 1 aliphatic rings. The monoisotopic (exact) mass is 140 g/mol. The van der Waals surface area contributed by atoms with Crippen LogP contribution in [0.2, 0.25) is 13.1 Å². The summed E-state index contributed by atoms with van der Waals surface area (Å²) in [6, 6.07) is 0. The van der Waals surface area contributed by atoms with Gasteiger partial charge in [0.25, 0.3) is 6.92 Å². The van der Waals surface area contributed by atoms with E-state index in [4.69, 9.17) is 4.65 Å². The molecule has 0 amide bonds. The summed E-state index contributed by atoms with van der Waals surface area (Å²) in [6.45, 7) is 9.41. The Morgan fingerprint density at radius 3 is 2.40 bits per heavy atom. The maximum absolute atomic E-state index is 5.67. The molecule has 2 heteroatoms. The molecular formula is C8H17BO. The Hall–Kier alpha value is 0.0249. The first-order chi connectivity index (χ1) is 4.61. The predicted octanol–water partition coefficient (Wildman–Crippen LogP) is 2.30. The first-order valence-electron chi connectivity index (χ1n) is 4.26. The van der Waals surface area contributed by atoms with E-state index in [-0.39, 0.29) is 0 Å². The van der Waals surface area contributed by atoms with Gasteiger partial charge in [-0.3, -0.25) is 0 Å². The third-order valence-corrected chi connectivity index (χ3v) is 2.79. The van der Waals surface area contributed by atoms with Gasteiger partial charge in [0.05, 0.1) is 0 Å². The Morgan fingerprint density at radius 2 is 1.90 bits per heavy atom. The summed E-state index contributed by atoms with van der Waals surface area (Å²) in [5, 5.41) is 0. The molecular weight excluding hydrogens is 123 g/mol.